The van der Waals surface area contributed by atoms with Crippen LogP contribution in [-0.2, 0) is 16.0 Å². The average molecular weight is 543 g/mol. The number of hydrogen-bond acceptors (Lipinski definition) is 5. The SMILES string of the molecule is CS(=O)(=O)c1ccc(-c2cc(F)c(OCC3C4CN(c5ncc(C(F)(F)F)cc5F)C[C@H]34)c(F)c2)cc1. The fourth-order valence-corrected chi connectivity index (χ4v) is 5.46. The Bertz CT molecular complexity index is 1430. The lowest BCUT2D eigenvalue weighted by atomic mass is 10.1. The molecule has 2 unspecified atom stereocenters. The second kappa shape index (κ2) is 8.93. The van der Waals surface area contributed by atoms with Gasteiger partial charge in [-0.05, 0) is 53.3 Å². The Hall–Kier alpha value is -3.28. The van der Waals surface area contributed by atoms with Gasteiger partial charge in [-0.15, -0.1) is 0 Å². The number of nitrogens with zero attached hydrogens (tertiary/aromatic N) is 2. The predicted molar refractivity (Wildman–Crippen MR) is 122 cm³/mol. The standard InChI is InChI=1S/C25H20F6N2O3S/c1-37(34,35)16-4-2-13(3-5-16)14-6-20(26)23(21(27)7-14)36-12-19-17-10-33(11-18(17)19)24-22(28)8-15(9-32-24)25(29,30)31/h2-9,17-19H,10-12H2,1H3/t17-,18?,19?/m0/s1. The summed E-state index contributed by atoms with van der Waals surface area (Å²) in [5.74, 6) is -3.51. The van der Waals surface area contributed by atoms with Gasteiger partial charge in [-0.25, -0.2) is 26.6 Å². The molecule has 0 bridgehead atoms. The Kier molecular flexibility index (Phi) is 6.12. The number of fused-ring (bicyclic) bond motifs is 1. The van der Waals surface area contributed by atoms with Gasteiger partial charge in [0.2, 0.25) is 0 Å². The van der Waals surface area contributed by atoms with Gasteiger partial charge in [0.25, 0.3) is 0 Å². The molecular weight excluding hydrogens is 522 g/mol. The molecule has 1 saturated carbocycles. The highest BCUT2D eigenvalue weighted by Crippen LogP contribution is 2.53. The molecule has 2 aromatic carbocycles. The van der Waals surface area contributed by atoms with E-state index in [1.165, 1.54) is 24.3 Å². The molecule has 1 aliphatic carbocycles. The van der Waals surface area contributed by atoms with E-state index >= 15 is 0 Å². The first-order chi connectivity index (χ1) is 17.3. The van der Waals surface area contributed by atoms with Crippen molar-refractivity contribution in [2.75, 3.05) is 30.9 Å². The minimum atomic E-state index is -4.69. The zero-order valence-corrected chi connectivity index (χ0v) is 20.1. The van der Waals surface area contributed by atoms with Crippen LogP contribution in [0.2, 0.25) is 0 Å². The van der Waals surface area contributed by atoms with Crippen LogP contribution >= 0.6 is 0 Å². The van der Waals surface area contributed by atoms with Gasteiger partial charge in [0.05, 0.1) is 17.1 Å². The van der Waals surface area contributed by atoms with Crippen LogP contribution in [0.5, 0.6) is 5.75 Å². The molecule has 2 fully saturated rings. The van der Waals surface area contributed by atoms with Gasteiger partial charge < -0.3 is 9.64 Å². The minimum absolute atomic E-state index is 0.0301. The number of benzene rings is 2. The average Bonchev–Trinajstić information content (AvgIpc) is 3.26. The minimum Gasteiger partial charge on any atom is -0.487 e. The Morgan fingerprint density at radius 3 is 2.05 bits per heavy atom. The number of sulfone groups is 1. The van der Waals surface area contributed by atoms with Gasteiger partial charge in [-0.1, -0.05) is 12.1 Å². The van der Waals surface area contributed by atoms with Gasteiger partial charge in [0, 0.05) is 31.5 Å². The number of anilines is 1. The Labute approximate surface area is 208 Å². The first-order valence-corrected chi connectivity index (χ1v) is 13.1. The maximum atomic E-state index is 14.7. The van der Waals surface area contributed by atoms with E-state index in [4.69, 9.17) is 4.74 Å². The second-order valence-electron chi connectivity index (χ2n) is 9.30. The number of pyridine rings is 1. The summed E-state index contributed by atoms with van der Waals surface area (Å²) >= 11 is 0. The van der Waals surface area contributed by atoms with Gasteiger partial charge in [-0.2, -0.15) is 13.2 Å². The lowest BCUT2D eigenvalue weighted by Crippen LogP contribution is -2.27. The predicted octanol–water partition coefficient (Wildman–Crippen LogP) is 5.35. The van der Waals surface area contributed by atoms with E-state index in [-0.39, 0.29) is 40.6 Å². The molecule has 5 nitrogen and oxygen atoms in total. The summed E-state index contributed by atoms with van der Waals surface area (Å²) in [4.78, 5) is 5.29. The van der Waals surface area contributed by atoms with Crippen molar-refractivity contribution in [1.29, 1.82) is 0 Å². The number of hydrogen-bond donors (Lipinski definition) is 0. The summed E-state index contributed by atoms with van der Waals surface area (Å²) in [6.07, 6.45) is -3.03. The number of ether oxygens (including phenoxy) is 1. The molecule has 196 valence electrons. The molecule has 3 aromatic rings. The molecule has 37 heavy (non-hydrogen) atoms. The van der Waals surface area contributed by atoms with E-state index in [0.717, 1.165) is 18.4 Å². The molecule has 2 aliphatic rings. The smallest absolute Gasteiger partial charge is 0.417 e. The summed E-state index contributed by atoms with van der Waals surface area (Å²) in [5, 5.41) is 0. The summed E-state index contributed by atoms with van der Waals surface area (Å²) in [5.41, 5.74) is -0.518. The fourth-order valence-electron chi connectivity index (χ4n) is 4.83. The van der Waals surface area contributed by atoms with Crippen molar-refractivity contribution in [2.24, 2.45) is 17.8 Å². The highest BCUT2D eigenvalue weighted by Gasteiger charge is 2.56. The second-order valence-corrected chi connectivity index (χ2v) is 11.3. The van der Waals surface area contributed by atoms with Crippen molar-refractivity contribution in [3.8, 4) is 16.9 Å². The number of alkyl halides is 3. The van der Waals surface area contributed by atoms with Crippen molar-refractivity contribution in [3.05, 3.63) is 71.7 Å². The van der Waals surface area contributed by atoms with E-state index in [1.807, 2.05) is 0 Å². The van der Waals surface area contributed by atoms with Gasteiger partial charge >= 0.3 is 6.18 Å². The van der Waals surface area contributed by atoms with Crippen LogP contribution in [0.15, 0.2) is 53.6 Å². The summed E-state index contributed by atoms with van der Waals surface area (Å²) < 4.78 is 110. The molecule has 1 saturated heterocycles. The molecule has 1 aromatic heterocycles. The number of halogens is 6. The van der Waals surface area contributed by atoms with Crippen molar-refractivity contribution < 1.29 is 39.5 Å². The summed E-state index contributed by atoms with van der Waals surface area (Å²) in [6, 6.07) is 8.23. The van der Waals surface area contributed by atoms with Crippen LogP contribution in [0.25, 0.3) is 11.1 Å². The van der Waals surface area contributed by atoms with Gasteiger partial charge in [-0.3, -0.25) is 0 Å². The fraction of sp³-hybridized carbons (Fsp3) is 0.320. The van der Waals surface area contributed by atoms with Gasteiger partial charge in [0.1, 0.15) is 0 Å². The maximum Gasteiger partial charge on any atom is 0.417 e. The summed E-state index contributed by atoms with van der Waals surface area (Å²) in [6.45, 7) is 0.727. The van der Waals surface area contributed by atoms with E-state index in [9.17, 15) is 34.8 Å². The van der Waals surface area contributed by atoms with E-state index in [0.29, 0.717) is 30.9 Å². The zero-order valence-electron chi connectivity index (χ0n) is 19.3. The summed E-state index contributed by atoms with van der Waals surface area (Å²) in [7, 11) is -3.40. The van der Waals surface area contributed by atoms with Crippen molar-refractivity contribution in [1.82, 2.24) is 4.98 Å². The first-order valence-electron chi connectivity index (χ1n) is 11.2. The Morgan fingerprint density at radius 2 is 1.54 bits per heavy atom. The number of rotatable bonds is 6. The highest BCUT2D eigenvalue weighted by molar-refractivity contribution is 7.90. The lowest BCUT2D eigenvalue weighted by Gasteiger charge is -2.22. The Morgan fingerprint density at radius 1 is 0.946 bits per heavy atom. The van der Waals surface area contributed by atoms with E-state index < -0.39 is 44.8 Å². The highest BCUT2D eigenvalue weighted by atomic mass is 32.2. The van der Waals surface area contributed by atoms with Crippen LogP contribution in [0.3, 0.4) is 0 Å². The third-order valence-corrected chi connectivity index (χ3v) is 7.98. The van der Waals surface area contributed by atoms with E-state index in [1.54, 1.807) is 4.90 Å². The van der Waals surface area contributed by atoms with Crippen LogP contribution in [0.1, 0.15) is 5.56 Å². The molecule has 0 spiro atoms. The molecule has 1 aliphatic heterocycles. The molecule has 0 N–H and O–H groups in total. The van der Waals surface area contributed by atoms with Crippen LogP contribution in [0, 0.1) is 35.2 Å². The number of piperidine rings is 1. The molecule has 2 heterocycles. The third-order valence-electron chi connectivity index (χ3n) is 6.85. The zero-order chi connectivity index (χ0) is 26.7. The van der Waals surface area contributed by atoms with Gasteiger partial charge in [0.15, 0.2) is 38.9 Å². The number of aromatic nitrogens is 1. The first kappa shape index (κ1) is 25.4. The molecular formula is C25H20F6N2O3S. The van der Waals surface area contributed by atoms with E-state index in [2.05, 4.69) is 4.98 Å². The van der Waals surface area contributed by atoms with Crippen LogP contribution in [0.4, 0.5) is 32.2 Å². The molecule has 0 radical (unpaired) electrons. The quantitative estimate of drug-likeness (QED) is 0.393. The maximum absolute atomic E-state index is 14.7. The normalized spacial score (nSPS) is 21.2. The van der Waals surface area contributed by atoms with Crippen molar-refractivity contribution in [2.45, 2.75) is 11.1 Å². The molecule has 5 rings (SSSR count). The van der Waals surface area contributed by atoms with Crippen molar-refractivity contribution >= 4 is 15.7 Å². The molecule has 0 amide bonds. The topological polar surface area (TPSA) is 59.5 Å². The van der Waals surface area contributed by atoms with Crippen LogP contribution in [-0.4, -0.2) is 39.4 Å². The van der Waals surface area contributed by atoms with Crippen molar-refractivity contribution in [3.63, 3.8) is 0 Å². The monoisotopic (exact) mass is 542 g/mol. The van der Waals surface area contributed by atoms with Crippen LogP contribution < -0.4 is 9.64 Å². The largest absolute Gasteiger partial charge is 0.487 e. The third kappa shape index (κ3) is 4.98. The Balaban J connectivity index is 1.20. The molecule has 3 atom stereocenters. The molecule has 12 heteroatoms. The lowest BCUT2D eigenvalue weighted by molar-refractivity contribution is -0.138.